The van der Waals surface area contributed by atoms with Crippen LogP contribution in [0.2, 0.25) is 0 Å². The number of thioether (sulfide) groups is 1. The van der Waals surface area contributed by atoms with E-state index >= 15 is 0 Å². The van der Waals surface area contributed by atoms with Gasteiger partial charge < -0.3 is 5.73 Å². The van der Waals surface area contributed by atoms with Crippen LogP contribution in [0.5, 0.6) is 0 Å². The Morgan fingerprint density at radius 1 is 1.10 bits per heavy atom. The maximum absolute atomic E-state index is 6.33. The summed E-state index contributed by atoms with van der Waals surface area (Å²) in [5.41, 5.74) is 9.05. The molecule has 1 fully saturated rings. The minimum atomic E-state index is 0.0811. The molecule has 1 unspecified atom stereocenters. The Morgan fingerprint density at radius 2 is 1.81 bits per heavy atom. The highest BCUT2D eigenvalue weighted by Gasteiger charge is 2.19. The maximum atomic E-state index is 6.33. The summed E-state index contributed by atoms with van der Waals surface area (Å²) in [6.07, 6.45) is 4.08. The average Bonchev–Trinajstić information content (AvgIpc) is 2.45. The molecule has 0 aromatic heterocycles. The molecule has 0 aliphatic heterocycles. The molecule has 1 saturated carbocycles. The lowest BCUT2D eigenvalue weighted by Gasteiger charge is -2.26. The van der Waals surface area contributed by atoms with Crippen LogP contribution in [0.1, 0.15) is 42.3 Å². The number of halogens is 1. The molecule has 1 atom stereocenters. The van der Waals surface area contributed by atoms with E-state index in [1.54, 1.807) is 11.8 Å². The van der Waals surface area contributed by atoms with Crippen LogP contribution in [0, 0.1) is 0 Å². The fraction of sp³-hybridized carbons (Fsp3) is 0.333. The van der Waals surface area contributed by atoms with Crippen molar-refractivity contribution in [3.05, 3.63) is 64.1 Å². The Labute approximate surface area is 139 Å². The average molecular weight is 362 g/mol. The molecule has 0 heterocycles. The van der Waals surface area contributed by atoms with Gasteiger partial charge in [-0.3, -0.25) is 0 Å². The predicted molar refractivity (Wildman–Crippen MR) is 94.8 cm³/mol. The standard InChI is InChI=1S/C18H20BrNS/c19-16-6-1-2-7-18(16)21-12-17(20)15-10-8-14(9-11-15)13-4-3-5-13/h1-2,6-11,13,17H,3-5,12,20H2. The van der Waals surface area contributed by atoms with Crippen LogP contribution in [0.3, 0.4) is 0 Å². The van der Waals surface area contributed by atoms with Crippen LogP contribution in [-0.2, 0) is 0 Å². The first kappa shape index (κ1) is 15.1. The van der Waals surface area contributed by atoms with E-state index in [0.717, 1.165) is 16.1 Å². The highest BCUT2D eigenvalue weighted by molar-refractivity contribution is 9.10. The molecule has 1 nitrogen and oxygen atoms in total. The van der Waals surface area contributed by atoms with Crippen molar-refractivity contribution in [2.45, 2.75) is 36.1 Å². The van der Waals surface area contributed by atoms with Gasteiger partial charge in [0.2, 0.25) is 0 Å². The van der Waals surface area contributed by atoms with Gasteiger partial charge in [-0.2, -0.15) is 0 Å². The minimum Gasteiger partial charge on any atom is -0.323 e. The van der Waals surface area contributed by atoms with Gasteiger partial charge in [-0.25, -0.2) is 0 Å². The van der Waals surface area contributed by atoms with Gasteiger partial charge in [-0.05, 0) is 57.9 Å². The summed E-state index contributed by atoms with van der Waals surface area (Å²) in [5.74, 6) is 1.69. The SMILES string of the molecule is NC(CSc1ccccc1Br)c1ccc(C2CCC2)cc1. The summed E-state index contributed by atoms with van der Waals surface area (Å²) in [4.78, 5) is 1.25. The van der Waals surface area contributed by atoms with Crippen molar-refractivity contribution in [2.75, 3.05) is 5.75 Å². The fourth-order valence-corrected chi connectivity index (χ4v) is 4.15. The Hall–Kier alpha value is -0.770. The monoisotopic (exact) mass is 361 g/mol. The topological polar surface area (TPSA) is 26.0 Å². The molecule has 2 aromatic carbocycles. The van der Waals surface area contributed by atoms with E-state index in [4.69, 9.17) is 5.73 Å². The van der Waals surface area contributed by atoms with E-state index in [1.807, 2.05) is 6.07 Å². The van der Waals surface area contributed by atoms with E-state index in [-0.39, 0.29) is 6.04 Å². The number of nitrogens with two attached hydrogens (primary N) is 1. The zero-order valence-corrected chi connectivity index (χ0v) is 14.4. The van der Waals surface area contributed by atoms with Crippen LogP contribution >= 0.6 is 27.7 Å². The molecular weight excluding hydrogens is 342 g/mol. The van der Waals surface area contributed by atoms with Gasteiger partial charge in [0, 0.05) is 21.2 Å². The van der Waals surface area contributed by atoms with Crippen LogP contribution in [-0.4, -0.2) is 5.75 Å². The number of rotatable bonds is 5. The van der Waals surface area contributed by atoms with Crippen molar-refractivity contribution in [1.29, 1.82) is 0 Å². The van der Waals surface area contributed by atoms with E-state index in [2.05, 4.69) is 58.4 Å². The molecule has 0 radical (unpaired) electrons. The van der Waals surface area contributed by atoms with Gasteiger partial charge in [0.15, 0.2) is 0 Å². The first-order chi connectivity index (χ1) is 10.2. The summed E-state index contributed by atoms with van der Waals surface area (Å²) in [7, 11) is 0. The van der Waals surface area contributed by atoms with Crippen LogP contribution in [0.4, 0.5) is 0 Å². The summed E-state index contributed by atoms with van der Waals surface area (Å²) < 4.78 is 1.14. The molecule has 0 spiro atoms. The first-order valence-electron chi connectivity index (χ1n) is 7.47. The van der Waals surface area contributed by atoms with Crippen molar-refractivity contribution in [3.8, 4) is 0 Å². The molecule has 0 bridgehead atoms. The van der Waals surface area contributed by atoms with Crippen molar-refractivity contribution < 1.29 is 0 Å². The lowest BCUT2D eigenvalue weighted by Crippen LogP contribution is -2.14. The Balaban J connectivity index is 1.60. The quantitative estimate of drug-likeness (QED) is 0.710. The molecule has 0 saturated heterocycles. The van der Waals surface area contributed by atoms with Crippen LogP contribution in [0.25, 0.3) is 0 Å². The molecule has 1 aliphatic carbocycles. The number of benzene rings is 2. The summed E-state index contributed by atoms with van der Waals surface area (Å²) in [6.45, 7) is 0. The Kier molecular flexibility index (Phi) is 5.04. The molecule has 1 aliphatic rings. The smallest absolute Gasteiger partial charge is 0.0390 e. The molecule has 2 aromatic rings. The second kappa shape index (κ2) is 6.99. The van der Waals surface area contributed by atoms with Gasteiger partial charge in [0.05, 0.1) is 0 Å². The van der Waals surface area contributed by atoms with Crippen molar-refractivity contribution >= 4 is 27.7 Å². The lowest BCUT2D eigenvalue weighted by atomic mass is 9.80. The molecule has 0 amide bonds. The lowest BCUT2D eigenvalue weighted by molar-refractivity contribution is 0.419. The maximum Gasteiger partial charge on any atom is 0.0390 e. The zero-order valence-electron chi connectivity index (χ0n) is 12.0. The van der Waals surface area contributed by atoms with E-state index in [1.165, 1.54) is 35.3 Å². The molecule has 3 rings (SSSR count). The third-order valence-corrected chi connectivity index (χ3v) is 6.34. The molecule has 2 N–H and O–H groups in total. The van der Waals surface area contributed by atoms with E-state index in [9.17, 15) is 0 Å². The summed E-state index contributed by atoms with van der Waals surface area (Å²) in [5, 5.41) is 0. The largest absolute Gasteiger partial charge is 0.323 e. The van der Waals surface area contributed by atoms with Crippen LogP contribution in [0.15, 0.2) is 57.9 Å². The molecule has 21 heavy (non-hydrogen) atoms. The third-order valence-electron chi connectivity index (χ3n) is 4.20. The number of hydrogen-bond acceptors (Lipinski definition) is 2. The first-order valence-corrected chi connectivity index (χ1v) is 9.24. The van der Waals surface area contributed by atoms with Gasteiger partial charge in [0.1, 0.15) is 0 Å². The fourth-order valence-electron chi connectivity index (χ4n) is 2.59. The normalized spacial score (nSPS) is 16.5. The Morgan fingerprint density at radius 3 is 2.43 bits per heavy atom. The van der Waals surface area contributed by atoms with Gasteiger partial charge in [-0.15, -0.1) is 11.8 Å². The van der Waals surface area contributed by atoms with Gasteiger partial charge in [-0.1, -0.05) is 42.8 Å². The second-order valence-corrected chi connectivity index (χ2v) is 7.56. The second-order valence-electron chi connectivity index (χ2n) is 5.64. The van der Waals surface area contributed by atoms with Crippen molar-refractivity contribution in [3.63, 3.8) is 0 Å². The number of hydrogen-bond donors (Lipinski definition) is 1. The summed E-state index contributed by atoms with van der Waals surface area (Å²) >= 11 is 5.39. The minimum absolute atomic E-state index is 0.0811. The molecule has 3 heteroatoms. The Bertz CT molecular complexity index is 592. The third kappa shape index (κ3) is 3.71. The van der Waals surface area contributed by atoms with Gasteiger partial charge in [0.25, 0.3) is 0 Å². The van der Waals surface area contributed by atoms with E-state index < -0.39 is 0 Å². The molecule has 110 valence electrons. The highest BCUT2D eigenvalue weighted by Crippen LogP contribution is 2.36. The zero-order chi connectivity index (χ0) is 14.7. The van der Waals surface area contributed by atoms with Gasteiger partial charge >= 0.3 is 0 Å². The predicted octanol–water partition coefficient (Wildman–Crippen LogP) is 5.51. The summed E-state index contributed by atoms with van der Waals surface area (Å²) in [6, 6.07) is 17.3. The highest BCUT2D eigenvalue weighted by atomic mass is 79.9. The van der Waals surface area contributed by atoms with E-state index in [0.29, 0.717) is 0 Å². The van der Waals surface area contributed by atoms with Crippen LogP contribution < -0.4 is 5.73 Å². The van der Waals surface area contributed by atoms with Crippen molar-refractivity contribution in [2.24, 2.45) is 5.73 Å². The van der Waals surface area contributed by atoms with Crippen molar-refractivity contribution in [1.82, 2.24) is 0 Å². The molecular formula is C18H20BrNS.